The van der Waals surface area contributed by atoms with Crippen LogP contribution in [0.4, 0.5) is 4.39 Å². The minimum absolute atomic E-state index is 0.221. The Bertz CT molecular complexity index is 1380. The van der Waals surface area contributed by atoms with E-state index in [1.54, 1.807) is 25.2 Å². The van der Waals surface area contributed by atoms with Crippen LogP contribution in [0.1, 0.15) is 5.56 Å². The zero-order valence-electron chi connectivity index (χ0n) is 16.1. The largest absolute Gasteiger partial charge is 0.332 e. The quantitative estimate of drug-likeness (QED) is 0.355. The molecule has 4 rings (SSSR count). The normalized spacial score (nSPS) is 11.2. The van der Waals surface area contributed by atoms with Gasteiger partial charge in [0.15, 0.2) is 11.5 Å². The predicted molar refractivity (Wildman–Crippen MR) is 116 cm³/mol. The Labute approximate surface area is 180 Å². The summed E-state index contributed by atoms with van der Waals surface area (Å²) < 4.78 is 15.7. The highest BCUT2D eigenvalue weighted by molar-refractivity contribution is 7.98. The summed E-state index contributed by atoms with van der Waals surface area (Å²) in [5.74, 6) is 0.391. The number of halogens is 2. The highest BCUT2D eigenvalue weighted by Crippen LogP contribution is 2.30. The Kier molecular flexibility index (Phi) is 5.44. The molecule has 0 fully saturated rings. The lowest BCUT2D eigenvalue weighted by Crippen LogP contribution is -2.37. The second-order valence-corrected chi connectivity index (χ2v) is 8.01. The van der Waals surface area contributed by atoms with Gasteiger partial charge in [0.2, 0.25) is 0 Å². The SMILES string of the molecule is Cn1c(=O)c2c(SCc3ccccc3Cl)nc(-c3ccc(F)cc3)nc2n(C)c1=O. The van der Waals surface area contributed by atoms with E-state index in [1.807, 2.05) is 18.2 Å². The lowest BCUT2D eigenvalue weighted by molar-refractivity contribution is 0.628. The van der Waals surface area contributed by atoms with Crippen molar-refractivity contribution in [1.29, 1.82) is 0 Å². The summed E-state index contributed by atoms with van der Waals surface area (Å²) in [6.45, 7) is 0. The van der Waals surface area contributed by atoms with Crippen LogP contribution in [0.15, 0.2) is 63.1 Å². The Morgan fingerprint density at radius 2 is 1.70 bits per heavy atom. The number of thioether (sulfide) groups is 1. The van der Waals surface area contributed by atoms with Crippen molar-refractivity contribution in [2.45, 2.75) is 10.8 Å². The topological polar surface area (TPSA) is 69.8 Å². The van der Waals surface area contributed by atoms with Gasteiger partial charge in [-0.25, -0.2) is 19.2 Å². The summed E-state index contributed by atoms with van der Waals surface area (Å²) in [5.41, 5.74) is 0.727. The number of benzene rings is 2. The average molecular weight is 443 g/mol. The minimum Gasteiger partial charge on any atom is -0.280 e. The van der Waals surface area contributed by atoms with Gasteiger partial charge < -0.3 is 0 Å². The van der Waals surface area contributed by atoms with Crippen LogP contribution in [0.2, 0.25) is 5.02 Å². The van der Waals surface area contributed by atoms with Crippen LogP contribution in [0, 0.1) is 5.82 Å². The van der Waals surface area contributed by atoms with Gasteiger partial charge in [-0.2, -0.15) is 0 Å². The van der Waals surface area contributed by atoms with E-state index < -0.39 is 11.2 Å². The van der Waals surface area contributed by atoms with Crippen molar-refractivity contribution in [3.05, 3.63) is 85.8 Å². The fraction of sp³-hybridized carbons (Fsp3) is 0.143. The van der Waals surface area contributed by atoms with Gasteiger partial charge in [-0.15, -0.1) is 11.8 Å². The van der Waals surface area contributed by atoms with Crippen LogP contribution >= 0.6 is 23.4 Å². The van der Waals surface area contributed by atoms with Crippen LogP contribution < -0.4 is 11.2 Å². The second kappa shape index (κ2) is 8.04. The average Bonchev–Trinajstić information content (AvgIpc) is 2.75. The zero-order chi connectivity index (χ0) is 21.4. The first-order valence-corrected chi connectivity index (χ1v) is 10.3. The fourth-order valence-electron chi connectivity index (χ4n) is 3.02. The van der Waals surface area contributed by atoms with Crippen LogP contribution in [0.25, 0.3) is 22.4 Å². The van der Waals surface area contributed by atoms with Crippen LogP contribution in [0.3, 0.4) is 0 Å². The van der Waals surface area contributed by atoms with E-state index in [2.05, 4.69) is 9.97 Å². The molecule has 6 nitrogen and oxygen atoms in total. The molecule has 0 atom stereocenters. The Hall–Kier alpha value is -2.97. The van der Waals surface area contributed by atoms with Gasteiger partial charge in [-0.3, -0.25) is 13.9 Å². The molecule has 0 saturated heterocycles. The van der Waals surface area contributed by atoms with Gasteiger partial charge in [-0.1, -0.05) is 29.8 Å². The van der Waals surface area contributed by atoms with Crippen LogP contribution in [0.5, 0.6) is 0 Å². The molecule has 0 N–H and O–H groups in total. The molecule has 4 aromatic rings. The number of aryl methyl sites for hydroxylation is 1. The number of aromatic nitrogens is 4. The zero-order valence-corrected chi connectivity index (χ0v) is 17.7. The highest BCUT2D eigenvalue weighted by Gasteiger charge is 2.18. The standard InChI is InChI=1S/C21H16ClFN4O2S/c1-26-18-16(20(28)27(2)21(26)29)19(30-11-13-5-3-4-6-15(13)22)25-17(24-18)12-7-9-14(23)10-8-12/h3-10H,11H2,1-2H3. The molecule has 2 aromatic carbocycles. The van der Waals surface area contributed by atoms with Crippen LogP contribution in [-0.2, 0) is 19.8 Å². The molecule has 0 unspecified atom stereocenters. The number of nitrogens with zero attached hydrogens (tertiary/aromatic N) is 4. The molecule has 0 spiro atoms. The van der Waals surface area contributed by atoms with Crippen molar-refractivity contribution < 1.29 is 4.39 Å². The number of rotatable bonds is 4. The first-order valence-electron chi connectivity index (χ1n) is 8.96. The van der Waals surface area contributed by atoms with E-state index in [9.17, 15) is 14.0 Å². The van der Waals surface area contributed by atoms with Gasteiger partial charge in [0, 0.05) is 30.4 Å². The monoisotopic (exact) mass is 442 g/mol. The van der Waals surface area contributed by atoms with Crippen molar-refractivity contribution in [3.8, 4) is 11.4 Å². The maximum Gasteiger partial charge on any atom is 0.332 e. The maximum atomic E-state index is 13.3. The van der Waals surface area contributed by atoms with Crippen molar-refractivity contribution in [2.24, 2.45) is 14.1 Å². The second-order valence-electron chi connectivity index (χ2n) is 6.64. The van der Waals surface area contributed by atoms with Gasteiger partial charge >= 0.3 is 5.69 Å². The number of hydrogen-bond acceptors (Lipinski definition) is 5. The summed E-state index contributed by atoms with van der Waals surface area (Å²) in [7, 11) is 2.97. The highest BCUT2D eigenvalue weighted by atomic mass is 35.5. The molecule has 0 radical (unpaired) electrons. The maximum absolute atomic E-state index is 13.3. The summed E-state index contributed by atoms with van der Waals surface area (Å²) in [5, 5.41) is 1.29. The molecule has 2 heterocycles. The first-order chi connectivity index (χ1) is 14.4. The van der Waals surface area contributed by atoms with Gasteiger partial charge in [0.25, 0.3) is 5.56 Å². The molecular formula is C21H16ClFN4O2S. The van der Waals surface area contributed by atoms with Gasteiger partial charge in [-0.05, 0) is 35.9 Å². The first kappa shape index (κ1) is 20.3. The third-order valence-corrected chi connectivity index (χ3v) is 6.08. The fourth-order valence-corrected chi connectivity index (χ4v) is 4.32. The molecule has 0 aliphatic rings. The lowest BCUT2D eigenvalue weighted by atomic mass is 10.2. The smallest absolute Gasteiger partial charge is 0.280 e. The van der Waals surface area contributed by atoms with Gasteiger partial charge in [0.05, 0.1) is 0 Å². The molecule has 0 aliphatic heterocycles. The van der Waals surface area contributed by atoms with E-state index in [-0.39, 0.29) is 16.9 Å². The molecule has 0 bridgehead atoms. The molecule has 0 amide bonds. The molecule has 152 valence electrons. The Morgan fingerprint density at radius 1 is 1.00 bits per heavy atom. The van der Waals surface area contributed by atoms with Crippen LogP contribution in [-0.4, -0.2) is 19.1 Å². The van der Waals surface area contributed by atoms with E-state index in [0.717, 1.165) is 10.1 Å². The Morgan fingerprint density at radius 3 is 2.40 bits per heavy atom. The summed E-state index contributed by atoms with van der Waals surface area (Å²) in [6.07, 6.45) is 0. The molecule has 0 aliphatic carbocycles. The third kappa shape index (κ3) is 3.64. The molecule has 9 heteroatoms. The van der Waals surface area contributed by atoms with Crippen molar-refractivity contribution in [2.75, 3.05) is 0 Å². The summed E-state index contributed by atoms with van der Waals surface area (Å²) >= 11 is 7.59. The number of fused-ring (bicyclic) bond motifs is 1. The van der Waals surface area contributed by atoms with Crippen molar-refractivity contribution in [1.82, 2.24) is 19.1 Å². The third-order valence-electron chi connectivity index (χ3n) is 4.69. The van der Waals surface area contributed by atoms with Crippen molar-refractivity contribution >= 4 is 34.4 Å². The van der Waals surface area contributed by atoms with Gasteiger partial charge in [0.1, 0.15) is 16.2 Å². The molecule has 0 saturated carbocycles. The number of hydrogen-bond donors (Lipinski definition) is 0. The molecular weight excluding hydrogens is 427 g/mol. The summed E-state index contributed by atoms with van der Waals surface area (Å²) in [4.78, 5) is 34.3. The Balaban J connectivity index is 1.93. The molecule has 2 aromatic heterocycles. The predicted octanol–water partition coefficient (Wildman–Crippen LogP) is 3.78. The van der Waals surface area contributed by atoms with E-state index >= 15 is 0 Å². The van der Waals surface area contributed by atoms with E-state index in [0.29, 0.717) is 27.2 Å². The molecule has 30 heavy (non-hydrogen) atoms. The minimum atomic E-state index is -0.488. The van der Waals surface area contributed by atoms with E-state index in [1.165, 1.54) is 35.5 Å². The van der Waals surface area contributed by atoms with Crippen molar-refractivity contribution in [3.63, 3.8) is 0 Å². The van der Waals surface area contributed by atoms with E-state index in [4.69, 9.17) is 11.6 Å². The summed E-state index contributed by atoms with van der Waals surface area (Å²) in [6, 6.07) is 13.1. The lowest BCUT2D eigenvalue weighted by Gasteiger charge is -2.12.